The maximum Gasteiger partial charge on any atom is 0.131 e. The highest BCUT2D eigenvalue weighted by molar-refractivity contribution is 6.00. The zero-order valence-electron chi connectivity index (χ0n) is 10.6. The van der Waals surface area contributed by atoms with Gasteiger partial charge in [-0.15, -0.1) is 0 Å². The molecule has 1 aromatic carbocycles. The quantitative estimate of drug-likeness (QED) is 0.353. The molecule has 4 nitrogen and oxygen atoms in total. The third kappa shape index (κ3) is 4.33. The third-order valence-electron chi connectivity index (χ3n) is 2.32. The molecule has 0 radical (unpaired) electrons. The van der Waals surface area contributed by atoms with Gasteiger partial charge in [0.2, 0.25) is 0 Å². The summed E-state index contributed by atoms with van der Waals surface area (Å²) in [4.78, 5) is 0. The van der Waals surface area contributed by atoms with Crippen LogP contribution in [0.15, 0.2) is 23.4 Å². The number of nitrogens with zero attached hydrogens (tertiary/aromatic N) is 1. The standard InChI is InChI=1S/C13H18FNO3/c1-3-6-17-7-8-18-13-9-11(14)4-5-12(13)10(2)15-16/h4-5,9,16H,3,6-8H2,1-2H3/b15-10+. The smallest absolute Gasteiger partial charge is 0.131 e. The van der Waals surface area contributed by atoms with Gasteiger partial charge in [-0.2, -0.15) is 0 Å². The summed E-state index contributed by atoms with van der Waals surface area (Å²) in [6, 6.07) is 4.08. The summed E-state index contributed by atoms with van der Waals surface area (Å²) in [5.41, 5.74) is 0.939. The van der Waals surface area contributed by atoms with Crippen LogP contribution in [0.2, 0.25) is 0 Å². The molecule has 0 bridgehead atoms. The van der Waals surface area contributed by atoms with Crippen LogP contribution in [0.25, 0.3) is 0 Å². The van der Waals surface area contributed by atoms with Crippen LogP contribution >= 0.6 is 0 Å². The number of hydrogen-bond donors (Lipinski definition) is 1. The molecule has 0 atom stereocenters. The van der Waals surface area contributed by atoms with E-state index >= 15 is 0 Å². The lowest BCUT2D eigenvalue weighted by atomic mass is 10.1. The number of oxime groups is 1. The van der Waals surface area contributed by atoms with E-state index in [1.54, 1.807) is 6.92 Å². The molecule has 0 spiro atoms. The van der Waals surface area contributed by atoms with E-state index < -0.39 is 5.82 Å². The van der Waals surface area contributed by atoms with Crippen molar-refractivity contribution in [2.45, 2.75) is 20.3 Å². The van der Waals surface area contributed by atoms with E-state index in [2.05, 4.69) is 5.16 Å². The van der Waals surface area contributed by atoms with E-state index in [1.165, 1.54) is 18.2 Å². The number of ether oxygens (including phenoxy) is 2. The summed E-state index contributed by atoms with van der Waals surface area (Å²) in [7, 11) is 0. The van der Waals surface area contributed by atoms with Gasteiger partial charge in [-0.05, 0) is 25.5 Å². The van der Waals surface area contributed by atoms with E-state index in [-0.39, 0.29) is 0 Å². The number of benzene rings is 1. The minimum atomic E-state index is -0.394. The number of hydrogen-bond acceptors (Lipinski definition) is 4. The van der Waals surface area contributed by atoms with Crippen molar-refractivity contribution in [1.29, 1.82) is 0 Å². The highest BCUT2D eigenvalue weighted by Gasteiger charge is 2.08. The molecule has 0 unspecified atom stereocenters. The van der Waals surface area contributed by atoms with Crippen molar-refractivity contribution in [3.63, 3.8) is 0 Å². The summed E-state index contributed by atoms with van der Waals surface area (Å²) in [6.07, 6.45) is 0.946. The van der Waals surface area contributed by atoms with Crippen LogP contribution in [0.3, 0.4) is 0 Å². The van der Waals surface area contributed by atoms with E-state index in [1.807, 2.05) is 6.92 Å². The molecule has 18 heavy (non-hydrogen) atoms. The first kappa shape index (κ1) is 14.4. The second kappa shape index (κ2) is 7.66. The molecule has 0 saturated heterocycles. The van der Waals surface area contributed by atoms with Gasteiger partial charge in [0.05, 0.1) is 12.3 Å². The average Bonchev–Trinajstić information content (AvgIpc) is 2.38. The first-order valence-corrected chi connectivity index (χ1v) is 5.88. The van der Waals surface area contributed by atoms with Crippen molar-refractivity contribution < 1.29 is 19.1 Å². The lowest BCUT2D eigenvalue weighted by molar-refractivity contribution is 0.100. The molecule has 0 aromatic heterocycles. The third-order valence-corrected chi connectivity index (χ3v) is 2.32. The highest BCUT2D eigenvalue weighted by Crippen LogP contribution is 2.20. The minimum absolute atomic E-state index is 0.329. The number of halogens is 1. The molecular weight excluding hydrogens is 237 g/mol. The lowest BCUT2D eigenvalue weighted by Crippen LogP contribution is -2.09. The Morgan fingerprint density at radius 3 is 2.78 bits per heavy atom. The van der Waals surface area contributed by atoms with Crippen LogP contribution in [-0.2, 0) is 4.74 Å². The Labute approximate surface area is 106 Å². The summed E-state index contributed by atoms with van der Waals surface area (Å²) >= 11 is 0. The fraction of sp³-hybridized carbons (Fsp3) is 0.462. The van der Waals surface area contributed by atoms with Crippen LogP contribution in [0.4, 0.5) is 4.39 Å². The fourth-order valence-corrected chi connectivity index (χ4v) is 1.43. The Bertz CT molecular complexity index is 407. The molecule has 1 aromatic rings. The molecule has 0 aliphatic rings. The maximum atomic E-state index is 13.1. The molecule has 5 heteroatoms. The first-order valence-electron chi connectivity index (χ1n) is 5.88. The van der Waals surface area contributed by atoms with Gasteiger partial charge in [-0.1, -0.05) is 12.1 Å². The van der Waals surface area contributed by atoms with Gasteiger partial charge >= 0.3 is 0 Å². The van der Waals surface area contributed by atoms with Gasteiger partial charge < -0.3 is 14.7 Å². The molecule has 100 valence electrons. The van der Waals surface area contributed by atoms with Crippen LogP contribution in [0.5, 0.6) is 5.75 Å². The van der Waals surface area contributed by atoms with Gasteiger partial charge in [-0.25, -0.2) is 4.39 Å². The van der Waals surface area contributed by atoms with E-state index in [0.29, 0.717) is 36.8 Å². The van der Waals surface area contributed by atoms with Crippen molar-refractivity contribution in [1.82, 2.24) is 0 Å². The molecule has 1 N–H and O–H groups in total. The first-order chi connectivity index (χ1) is 8.69. The van der Waals surface area contributed by atoms with Crippen LogP contribution in [-0.4, -0.2) is 30.7 Å². The molecule has 0 saturated carbocycles. The second-order valence-corrected chi connectivity index (χ2v) is 3.79. The highest BCUT2D eigenvalue weighted by atomic mass is 19.1. The largest absolute Gasteiger partial charge is 0.490 e. The topological polar surface area (TPSA) is 51.0 Å². The van der Waals surface area contributed by atoms with Crippen molar-refractivity contribution in [2.75, 3.05) is 19.8 Å². The monoisotopic (exact) mass is 255 g/mol. The normalized spacial score (nSPS) is 11.6. The van der Waals surface area contributed by atoms with Gasteiger partial charge in [0.1, 0.15) is 18.2 Å². The lowest BCUT2D eigenvalue weighted by Gasteiger charge is -2.11. The van der Waals surface area contributed by atoms with Gasteiger partial charge in [0.25, 0.3) is 0 Å². The molecule has 0 heterocycles. The minimum Gasteiger partial charge on any atom is -0.490 e. The van der Waals surface area contributed by atoms with Crippen LogP contribution in [0.1, 0.15) is 25.8 Å². The predicted octanol–water partition coefficient (Wildman–Crippen LogP) is 2.83. The molecule has 0 fully saturated rings. The summed E-state index contributed by atoms with van der Waals surface area (Å²) < 4.78 is 23.8. The van der Waals surface area contributed by atoms with Gasteiger partial charge in [-0.3, -0.25) is 0 Å². The zero-order chi connectivity index (χ0) is 13.4. The summed E-state index contributed by atoms with van der Waals surface area (Å²) in [5.74, 6) is -0.0423. The Morgan fingerprint density at radius 2 is 2.11 bits per heavy atom. The van der Waals surface area contributed by atoms with E-state index in [9.17, 15) is 4.39 Å². The molecule has 0 amide bonds. The molecule has 0 aliphatic heterocycles. The Balaban J connectivity index is 2.65. The molecular formula is C13H18FNO3. The molecule has 0 aliphatic carbocycles. The zero-order valence-corrected chi connectivity index (χ0v) is 10.6. The summed E-state index contributed by atoms with van der Waals surface area (Å²) in [6.45, 7) is 5.09. The Kier molecular flexibility index (Phi) is 6.14. The fourth-order valence-electron chi connectivity index (χ4n) is 1.43. The summed E-state index contributed by atoms with van der Waals surface area (Å²) in [5, 5.41) is 11.8. The average molecular weight is 255 g/mol. The molecule has 1 rings (SSSR count). The van der Waals surface area contributed by atoms with Crippen molar-refractivity contribution in [3.05, 3.63) is 29.6 Å². The maximum absolute atomic E-state index is 13.1. The second-order valence-electron chi connectivity index (χ2n) is 3.79. The van der Waals surface area contributed by atoms with Crippen LogP contribution in [0, 0.1) is 5.82 Å². The van der Waals surface area contributed by atoms with Crippen LogP contribution < -0.4 is 4.74 Å². The predicted molar refractivity (Wildman–Crippen MR) is 67.0 cm³/mol. The van der Waals surface area contributed by atoms with Crippen molar-refractivity contribution in [3.8, 4) is 5.75 Å². The van der Waals surface area contributed by atoms with Gasteiger partial charge in [0.15, 0.2) is 0 Å². The van der Waals surface area contributed by atoms with Gasteiger partial charge in [0, 0.05) is 18.2 Å². The van der Waals surface area contributed by atoms with Crippen molar-refractivity contribution in [2.24, 2.45) is 5.16 Å². The Hall–Kier alpha value is -1.62. The number of rotatable bonds is 7. The van der Waals surface area contributed by atoms with E-state index in [0.717, 1.165) is 6.42 Å². The van der Waals surface area contributed by atoms with Crippen molar-refractivity contribution >= 4 is 5.71 Å². The Morgan fingerprint density at radius 1 is 1.33 bits per heavy atom. The SMILES string of the molecule is CCCOCCOc1cc(F)ccc1/C(C)=N/O. The van der Waals surface area contributed by atoms with E-state index in [4.69, 9.17) is 14.7 Å².